The van der Waals surface area contributed by atoms with Gasteiger partial charge in [-0.25, -0.2) is 0 Å². The third-order valence-electron chi connectivity index (χ3n) is 14.5. The lowest BCUT2D eigenvalue weighted by Crippen LogP contribution is -2.30. The highest BCUT2D eigenvalue weighted by Crippen LogP contribution is 2.16. The van der Waals surface area contributed by atoms with Crippen LogP contribution in [0.4, 0.5) is 0 Å². The minimum absolute atomic E-state index is 0.0861. The Hall–Kier alpha value is -3.93. The molecule has 6 heteroatoms. The molecule has 458 valence electrons. The minimum atomic E-state index is -0.790. The fourth-order valence-corrected chi connectivity index (χ4v) is 9.41. The molecule has 0 N–H and O–H groups in total. The van der Waals surface area contributed by atoms with E-state index in [1.807, 2.05) is 0 Å². The molecule has 80 heavy (non-hydrogen) atoms. The predicted octanol–water partition coefficient (Wildman–Crippen LogP) is 23.4. The summed E-state index contributed by atoms with van der Waals surface area (Å²) in [7, 11) is 0. The summed E-state index contributed by atoms with van der Waals surface area (Å²) in [4.78, 5) is 38.4. The zero-order valence-corrected chi connectivity index (χ0v) is 52.6. The average molecular weight is 1110 g/mol. The molecule has 1 atom stereocenters. The molecule has 0 heterocycles. The van der Waals surface area contributed by atoms with Crippen molar-refractivity contribution >= 4 is 17.9 Å². The number of unbranched alkanes of at least 4 members (excludes halogenated alkanes) is 32. The van der Waals surface area contributed by atoms with Crippen LogP contribution in [0.25, 0.3) is 0 Å². The molecule has 0 aliphatic rings. The average Bonchev–Trinajstić information content (AvgIpc) is 3.46. The topological polar surface area (TPSA) is 78.9 Å². The lowest BCUT2D eigenvalue weighted by molar-refractivity contribution is -0.167. The molecule has 0 aromatic heterocycles. The molecule has 0 fully saturated rings. The molecule has 0 radical (unpaired) electrons. The van der Waals surface area contributed by atoms with Crippen LogP contribution in [0.2, 0.25) is 0 Å². The largest absolute Gasteiger partial charge is 0.462 e. The van der Waals surface area contributed by atoms with E-state index < -0.39 is 6.10 Å². The fraction of sp³-hybridized carbons (Fsp3) is 0.716. The Morgan fingerprint density at radius 2 is 0.487 bits per heavy atom. The SMILES string of the molecule is CC/C=C\C/C=C\C/C=C\C/C=C\C/C=C\C/C=C\C/C=C\CCCCCCCCCCCC(=O)OCC(COC(=O)CCCCCCC/C=C\CCCCCCCC)OC(=O)CCCCCCC/C=C\CCCCCCCCC. The van der Waals surface area contributed by atoms with Crippen LogP contribution in [-0.2, 0) is 28.6 Å². The van der Waals surface area contributed by atoms with Crippen molar-refractivity contribution in [3.05, 3.63) is 109 Å². The van der Waals surface area contributed by atoms with Crippen molar-refractivity contribution in [2.45, 2.75) is 329 Å². The third kappa shape index (κ3) is 64.9. The lowest BCUT2D eigenvalue weighted by atomic mass is 10.1. The molecule has 0 saturated heterocycles. The Bertz CT molecular complexity index is 1610. The Morgan fingerprint density at radius 1 is 0.263 bits per heavy atom. The van der Waals surface area contributed by atoms with Gasteiger partial charge in [0.2, 0.25) is 0 Å². The van der Waals surface area contributed by atoms with Crippen LogP contribution in [0.5, 0.6) is 0 Å². The standard InChI is InChI=1S/C74H126O6/c1-4-7-10-13-16-19-22-25-28-30-31-32-33-34-35-36-37-38-39-40-41-42-43-44-47-49-52-55-58-61-64-67-73(76)79-70-71(69-78-72(75)66-63-60-57-54-51-48-45-27-24-21-18-15-12-9-6-3)80-74(77)68-65-62-59-56-53-50-46-29-26-23-20-17-14-11-8-5-2/h7,10,16,19,25,27-29,31-32,34-35,37-38,40-41,45-46,71H,4-6,8-9,11-15,17-18,20-24,26,30,33,36,39,42-44,47-70H2,1-3H3/b10-7-,19-16-,28-25-,32-31-,35-34-,38-37-,41-40-,45-27-,46-29-. The molecular weight excluding hydrogens is 985 g/mol. The number of carbonyl (C=O) groups is 3. The van der Waals surface area contributed by atoms with Gasteiger partial charge in [0.05, 0.1) is 0 Å². The van der Waals surface area contributed by atoms with Crippen LogP contribution < -0.4 is 0 Å². The normalized spacial score (nSPS) is 12.8. The maximum absolute atomic E-state index is 12.9. The molecule has 0 spiro atoms. The second kappa shape index (κ2) is 67.6. The highest BCUT2D eigenvalue weighted by atomic mass is 16.6. The maximum atomic E-state index is 12.9. The van der Waals surface area contributed by atoms with E-state index in [1.54, 1.807) is 0 Å². The number of hydrogen-bond donors (Lipinski definition) is 0. The van der Waals surface area contributed by atoms with Gasteiger partial charge in [0.1, 0.15) is 13.2 Å². The van der Waals surface area contributed by atoms with E-state index in [4.69, 9.17) is 14.2 Å². The van der Waals surface area contributed by atoms with E-state index in [1.165, 1.54) is 154 Å². The van der Waals surface area contributed by atoms with Crippen molar-refractivity contribution in [2.24, 2.45) is 0 Å². The molecule has 0 aromatic carbocycles. The summed E-state index contributed by atoms with van der Waals surface area (Å²) in [6, 6.07) is 0. The van der Waals surface area contributed by atoms with Crippen molar-refractivity contribution in [1.82, 2.24) is 0 Å². The van der Waals surface area contributed by atoms with Crippen LogP contribution >= 0.6 is 0 Å². The maximum Gasteiger partial charge on any atom is 0.306 e. The summed E-state index contributed by atoms with van der Waals surface area (Å²) in [5.41, 5.74) is 0. The molecule has 1 unspecified atom stereocenters. The van der Waals surface area contributed by atoms with Crippen LogP contribution in [-0.4, -0.2) is 37.2 Å². The van der Waals surface area contributed by atoms with Crippen LogP contribution in [0.3, 0.4) is 0 Å². The Morgan fingerprint density at radius 3 is 0.775 bits per heavy atom. The lowest BCUT2D eigenvalue weighted by Gasteiger charge is -2.18. The van der Waals surface area contributed by atoms with Gasteiger partial charge in [0.25, 0.3) is 0 Å². The first-order valence-electron chi connectivity index (χ1n) is 33.9. The summed E-state index contributed by atoms with van der Waals surface area (Å²) in [5, 5.41) is 0. The number of hydrogen-bond acceptors (Lipinski definition) is 6. The molecule has 0 aliphatic heterocycles. The highest BCUT2D eigenvalue weighted by molar-refractivity contribution is 5.71. The molecule has 0 aromatic rings. The number of esters is 3. The van der Waals surface area contributed by atoms with Gasteiger partial charge in [0, 0.05) is 19.3 Å². The van der Waals surface area contributed by atoms with Crippen molar-refractivity contribution in [3.63, 3.8) is 0 Å². The van der Waals surface area contributed by atoms with Gasteiger partial charge in [-0.05, 0) is 128 Å². The number of ether oxygens (including phenoxy) is 3. The van der Waals surface area contributed by atoms with E-state index in [0.29, 0.717) is 19.3 Å². The first kappa shape index (κ1) is 76.1. The molecule has 0 saturated carbocycles. The first-order valence-corrected chi connectivity index (χ1v) is 33.9. The Kier molecular flexibility index (Phi) is 64.3. The minimum Gasteiger partial charge on any atom is -0.462 e. The van der Waals surface area contributed by atoms with Crippen molar-refractivity contribution in [3.8, 4) is 0 Å². The fourth-order valence-electron chi connectivity index (χ4n) is 9.41. The smallest absolute Gasteiger partial charge is 0.306 e. The number of carbonyl (C=O) groups excluding carboxylic acids is 3. The van der Waals surface area contributed by atoms with Gasteiger partial charge in [-0.15, -0.1) is 0 Å². The molecule has 6 nitrogen and oxygen atoms in total. The third-order valence-corrected chi connectivity index (χ3v) is 14.5. The molecule has 0 rings (SSSR count). The van der Waals surface area contributed by atoms with E-state index in [2.05, 4.69) is 130 Å². The van der Waals surface area contributed by atoms with Gasteiger partial charge in [-0.2, -0.15) is 0 Å². The van der Waals surface area contributed by atoms with E-state index >= 15 is 0 Å². The van der Waals surface area contributed by atoms with Crippen molar-refractivity contribution in [2.75, 3.05) is 13.2 Å². The summed E-state index contributed by atoms with van der Waals surface area (Å²) >= 11 is 0. The first-order chi connectivity index (χ1) is 39.5. The molecule has 0 aliphatic carbocycles. The van der Waals surface area contributed by atoms with Gasteiger partial charge >= 0.3 is 17.9 Å². The van der Waals surface area contributed by atoms with Gasteiger partial charge in [0.15, 0.2) is 6.10 Å². The summed E-state index contributed by atoms with van der Waals surface area (Å²) in [6.07, 6.45) is 92.4. The summed E-state index contributed by atoms with van der Waals surface area (Å²) < 4.78 is 16.9. The summed E-state index contributed by atoms with van der Waals surface area (Å²) in [5.74, 6) is -0.898. The van der Waals surface area contributed by atoms with Gasteiger partial charge in [-0.1, -0.05) is 284 Å². The zero-order valence-electron chi connectivity index (χ0n) is 52.6. The number of rotatable bonds is 61. The van der Waals surface area contributed by atoms with Gasteiger partial charge < -0.3 is 14.2 Å². The quantitative estimate of drug-likeness (QED) is 0.0261. The van der Waals surface area contributed by atoms with Crippen molar-refractivity contribution < 1.29 is 28.6 Å². The van der Waals surface area contributed by atoms with Crippen LogP contribution in [0.1, 0.15) is 323 Å². The Balaban J connectivity index is 4.31. The van der Waals surface area contributed by atoms with Crippen LogP contribution in [0.15, 0.2) is 109 Å². The highest BCUT2D eigenvalue weighted by Gasteiger charge is 2.19. The molecule has 0 bridgehead atoms. The second-order valence-corrected chi connectivity index (χ2v) is 22.3. The Labute approximate surface area is 495 Å². The van der Waals surface area contributed by atoms with E-state index in [9.17, 15) is 14.4 Å². The summed E-state index contributed by atoms with van der Waals surface area (Å²) in [6.45, 7) is 6.53. The molecule has 0 amide bonds. The predicted molar refractivity (Wildman–Crippen MR) is 348 cm³/mol. The second-order valence-electron chi connectivity index (χ2n) is 22.3. The molecular formula is C74H126O6. The van der Waals surface area contributed by atoms with Gasteiger partial charge in [-0.3, -0.25) is 14.4 Å². The van der Waals surface area contributed by atoms with Crippen LogP contribution in [0, 0.1) is 0 Å². The van der Waals surface area contributed by atoms with E-state index in [-0.39, 0.29) is 31.1 Å². The number of allylic oxidation sites excluding steroid dienone is 18. The van der Waals surface area contributed by atoms with E-state index in [0.717, 1.165) is 128 Å². The van der Waals surface area contributed by atoms with Crippen molar-refractivity contribution in [1.29, 1.82) is 0 Å². The zero-order chi connectivity index (χ0) is 57.8. The monoisotopic (exact) mass is 1110 g/mol.